The van der Waals surface area contributed by atoms with Crippen LogP contribution in [0.3, 0.4) is 0 Å². The minimum atomic E-state index is 0.293. The topological polar surface area (TPSA) is 61.2 Å². The lowest BCUT2D eigenvalue weighted by Gasteiger charge is -2.37. The van der Waals surface area contributed by atoms with E-state index in [-0.39, 0.29) is 0 Å². The minimum absolute atomic E-state index is 0.293. The van der Waals surface area contributed by atoms with Crippen LogP contribution in [0, 0.1) is 11.3 Å². The van der Waals surface area contributed by atoms with E-state index in [4.69, 9.17) is 5.73 Å². The standard InChI is InChI=1S/C15H25N5/c1-4-12(3)20-13(11-16)10-14(17)15(20)19-8-6-18(5-2)7-9-19/h10,12H,4-9,17H2,1-3H3. The summed E-state index contributed by atoms with van der Waals surface area (Å²) in [6.45, 7) is 11.6. The number of hydrogen-bond donors (Lipinski definition) is 1. The lowest BCUT2D eigenvalue weighted by Crippen LogP contribution is -2.47. The first kappa shape index (κ1) is 14.7. The molecule has 2 N–H and O–H groups in total. The number of hydrogen-bond acceptors (Lipinski definition) is 4. The van der Waals surface area contributed by atoms with Crippen molar-refractivity contribution in [3.05, 3.63) is 11.8 Å². The summed E-state index contributed by atoms with van der Waals surface area (Å²) in [6.07, 6.45) is 0.991. The average Bonchev–Trinajstić information content (AvgIpc) is 2.83. The molecule has 1 aromatic rings. The van der Waals surface area contributed by atoms with Gasteiger partial charge in [0, 0.05) is 32.2 Å². The van der Waals surface area contributed by atoms with Crippen molar-refractivity contribution >= 4 is 11.5 Å². The van der Waals surface area contributed by atoms with Gasteiger partial charge >= 0.3 is 0 Å². The molecule has 2 rings (SSSR count). The predicted molar refractivity (Wildman–Crippen MR) is 82.9 cm³/mol. The number of piperazine rings is 1. The van der Waals surface area contributed by atoms with Gasteiger partial charge in [-0.3, -0.25) is 0 Å². The summed E-state index contributed by atoms with van der Waals surface area (Å²) in [4.78, 5) is 4.77. The van der Waals surface area contributed by atoms with E-state index in [2.05, 4.69) is 41.2 Å². The molecule has 0 radical (unpaired) electrons. The van der Waals surface area contributed by atoms with E-state index < -0.39 is 0 Å². The highest BCUT2D eigenvalue weighted by Crippen LogP contribution is 2.32. The van der Waals surface area contributed by atoms with Crippen LogP contribution in [0.4, 0.5) is 11.5 Å². The fourth-order valence-corrected chi connectivity index (χ4v) is 2.86. The fourth-order valence-electron chi connectivity index (χ4n) is 2.86. The fraction of sp³-hybridized carbons (Fsp3) is 0.667. The molecule has 0 saturated carbocycles. The lowest BCUT2D eigenvalue weighted by molar-refractivity contribution is 0.269. The Bertz CT molecular complexity index is 491. The number of aromatic nitrogens is 1. The molecule has 0 aliphatic carbocycles. The second-order valence-corrected chi connectivity index (χ2v) is 5.47. The van der Waals surface area contributed by atoms with Crippen molar-refractivity contribution in [1.29, 1.82) is 5.26 Å². The number of nitriles is 1. The van der Waals surface area contributed by atoms with E-state index in [1.54, 1.807) is 0 Å². The number of nitrogens with zero attached hydrogens (tertiary/aromatic N) is 4. The van der Waals surface area contributed by atoms with E-state index in [1.807, 2.05) is 6.07 Å². The number of likely N-dealkylation sites (N-methyl/N-ethyl adjacent to an activating group) is 1. The van der Waals surface area contributed by atoms with Crippen molar-refractivity contribution in [1.82, 2.24) is 9.47 Å². The third kappa shape index (κ3) is 2.61. The molecule has 5 heteroatoms. The van der Waals surface area contributed by atoms with Gasteiger partial charge in [-0.25, -0.2) is 0 Å². The predicted octanol–water partition coefficient (Wildman–Crippen LogP) is 2.05. The van der Waals surface area contributed by atoms with Crippen LogP contribution < -0.4 is 10.6 Å². The highest BCUT2D eigenvalue weighted by Gasteiger charge is 2.24. The third-order valence-corrected chi connectivity index (χ3v) is 4.30. The van der Waals surface area contributed by atoms with Gasteiger partial charge in [0.15, 0.2) is 0 Å². The lowest BCUT2D eigenvalue weighted by atomic mass is 10.2. The Morgan fingerprint density at radius 1 is 1.30 bits per heavy atom. The zero-order valence-corrected chi connectivity index (χ0v) is 12.8. The van der Waals surface area contributed by atoms with E-state index in [1.165, 1.54) is 0 Å². The molecule has 1 aromatic heterocycles. The summed E-state index contributed by atoms with van der Waals surface area (Å²) in [5.74, 6) is 1.03. The van der Waals surface area contributed by atoms with Crippen LogP contribution in [0.15, 0.2) is 6.07 Å². The second-order valence-electron chi connectivity index (χ2n) is 5.47. The summed E-state index contributed by atoms with van der Waals surface area (Å²) in [5, 5.41) is 9.33. The Labute approximate surface area is 121 Å². The number of nitrogens with two attached hydrogens (primary N) is 1. The average molecular weight is 275 g/mol. The zero-order valence-electron chi connectivity index (χ0n) is 12.8. The van der Waals surface area contributed by atoms with Crippen molar-refractivity contribution in [2.45, 2.75) is 33.2 Å². The van der Waals surface area contributed by atoms with Gasteiger partial charge < -0.3 is 20.1 Å². The van der Waals surface area contributed by atoms with E-state index >= 15 is 0 Å². The van der Waals surface area contributed by atoms with E-state index in [9.17, 15) is 5.26 Å². The summed E-state index contributed by atoms with van der Waals surface area (Å²) >= 11 is 0. The molecule has 0 aromatic carbocycles. The van der Waals surface area contributed by atoms with E-state index in [0.717, 1.165) is 50.6 Å². The SMILES string of the molecule is CCC(C)n1c(C#N)cc(N)c1N1CCN(CC)CC1. The van der Waals surface area contributed by atoms with Crippen molar-refractivity contribution in [3.63, 3.8) is 0 Å². The molecule has 1 unspecified atom stereocenters. The molecular weight excluding hydrogens is 250 g/mol. The quantitative estimate of drug-likeness (QED) is 0.913. The van der Waals surface area contributed by atoms with Crippen LogP contribution in [-0.2, 0) is 0 Å². The first-order chi connectivity index (χ1) is 9.62. The van der Waals surface area contributed by atoms with Crippen LogP contribution in [0.25, 0.3) is 0 Å². The van der Waals surface area contributed by atoms with Crippen LogP contribution in [0.1, 0.15) is 38.9 Å². The highest BCUT2D eigenvalue weighted by molar-refractivity contribution is 5.68. The molecule has 0 spiro atoms. The van der Waals surface area contributed by atoms with Gasteiger partial charge in [0.2, 0.25) is 0 Å². The Kier molecular flexibility index (Phi) is 4.56. The normalized spacial score (nSPS) is 18.0. The molecule has 1 aliphatic rings. The van der Waals surface area contributed by atoms with Crippen LogP contribution in [-0.4, -0.2) is 42.2 Å². The maximum absolute atomic E-state index is 9.33. The third-order valence-electron chi connectivity index (χ3n) is 4.30. The Hall–Kier alpha value is -1.67. The Morgan fingerprint density at radius 3 is 2.45 bits per heavy atom. The summed E-state index contributed by atoms with van der Waals surface area (Å²) < 4.78 is 2.11. The molecule has 5 nitrogen and oxygen atoms in total. The van der Waals surface area contributed by atoms with Gasteiger partial charge in [0.05, 0.1) is 5.69 Å². The number of rotatable bonds is 4. The maximum Gasteiger partial charge on any atom is 0.133 e. The smallest absolute Gasteiger partial charge is 0.133 e. The minimum Gasteiger partial charge on any atom is -0.396 e. The van der Waals surface area contributed by atoms with Gasteiger partial charge in [-0.2, -0.15) is 5.26 Å². The molecule has 20 heavy (non-hydrogen) atoms. The van der Waals surface area contributed by atoms with Crippen molar-refractivity contribution in [2.75, 3.05) is 43.4 Å². The van der Waals surface area contributed by atoms with Gasteiger partial charge in [0.25, 0.3) is 0 Å². The molecule has 1 aliphatic heterocycles. The molecule has 2 heterocycles. The van der Waals surface area contributed by atoms with Crippen molar-refractivity contribution < 1.29 is 0 Å². The summed E-state index contributed by atoms with van der Waals surface area (Å²) in [5.41, 5.74) is 7.58. The molecular formula is C15H25N5. The van der Waals surface area contributed by atoms with Crippen molar-refractivity contribution in [2.24, 2.45) is 0 Å². The second kappa shape index (κ2) is 6.19. The van der Waals surface area contributed by atoms with Crippen LogP contribution in [0.5, 0.6) is 0 Å². The summed E-state index contributed by atoms with van der Waals surface area (Å²) in [6, 6.07) is 4.38. The molecule has 1 saturated heterocycles. The zero-order chi connectivity index (χ0) is 14.7. The maximum atomic E-state index is 9.33. The van der Waals surface area contributed by atoms with Crippen LogP contribution >= 0.6 is 0 Å². The number of nitrogen functional groups attached to an aromatic ring is 1. The van der Waals surface area contributed by atoms with Crippen molar-refractivity contribution in [3.8, 4) is 6.07 Å². The summed E-state index contributed by atoms with van der Waals surface area (Å²) in [7, 11) is 0. The van der Waals surface area contributed by atoms with Gasteiger partial charge in [-0.15, -0.1) is 0 Å². The molecule has 0 bridgehead atoms. The molecule has 1 fully saturated rings. The number of anilines is 2. The molecule has 110 valence electrons. The first-order valence-corrected chi connectivity index (χ1v) is 7.50. The Balaban J connectivity index is 2.32. The van der Waals surface area contributed by atoms with Gasteiger partial charge in [-0.1, -0.05) is 13.8 Å². The largest absolute Gasteiger partial charge is 0.396 e. The highest BCUT2D eigenvalue weighted by atomic mass is 15.3. The molecule has 1 atom stereocenters. The molecule has 0 amide bonds. The first-order valence-electron chi connectivity index (χ1n) is 7.50. The Morgan fingerprint density at radius 2 is 1.95 bits per heavy atom. The van der Waals surface area contributed by atoms with Gasteiger partial charge in [0.1, 0.15) is 17.6 Å². The van der Waals surface area contributed by atoms with Crippen LogP contribution in [0.2, 0.25) is 0 Å². The monoisotopic (exact) mass is 275 g/mol. The van der Waals surface area contributed by atoms with E-state index in [0.29, 0.717) is 11.7 Å². The van der Waals surface area contributed by atoms with Gasteiger partial charge in [-0.05, 0) is 26.0 Å².